The second-order valence-electron chi connectivity index (χ2n) is 5.93. The van der Waals surface area contributed by atoms with Crippen LogP contribution in [0.5, 0.6) is 0 Å². The predicted molar refractivity (Wildman–Crippen MR) is 78.2 cm³/mol. The summed E-state index contributed by atoms with van der Waals surface area (Å²) in [5, 5.41) is 20.1. The van der Waals surface area contributed by atoms with Gasteiger partial charge in [-0.05, 0) is 12.8 Å². The predicted octanol–water partition coefficient (Wildman–Crippen LogP) is 3.42. The van der Waals surface area contributed by atoms with Crippen molar-refractivity contribution >= 4 is 0 Å². The third-order valence-electron chi connectivity index (χ3n) is 4.13. The summed E-state index contributed by atoms with van der Waals surface area (Å²) in [5.74, 6) is 0. The molecule has 1 aliphatic rings. The third-order valence-corrected chi connectivity index (χ3v) is 4.13. The first-order valence-electron chi connectivity index (χ1n) is 8.20. The molecule has 0 aliphatic carbocycles. The number of ether oxygens (including phenoxy) is 1. The van der Waals surface area contributed by atoms with Crippen molar-refractivity contribution in [2.24, 2.45) is 0 Å². The molecule has 0 radical (unpaired) electrons. The van der Waals surface area contributed by atoms with Crippen molar-refractivity contribution in [1.82, 2.24) is 0 Å². The molecule has 0 aromatic carbocycles. The van der Waals surface area contributed by atoms with Gasteiger partial charge in [-0.3, -0.25) is 0 Å². The zero-order valence-electron chi connectivity index (χ0n) is 12.7. The van der Waals surface area contributed by atoms with Crippen molar-refractivity contribution in [3.63, 3.8) is 0 Å². The number of rotatable bonds is 10. The molecule has 1 aliphatic heterocycles. The van der Waals surface area contributed by atoms with Gasteiger partial charge in [0, 0.05) is 6.42 Å². The summed E-state index contributed by atoms with van der Waals surface area (Å²) in [7, 11) is 0. The van der Waals surface area contributed by atoms with Crippen LogP contribution in [0.3, 0.4) is 0 Å². The Labute approximate surface area is 118 Å². The zero-order valence-corrected chi connectivity index (χ0v) is 12.7. The number of aliphatic hydroxyl groups excluding tert-OH is 2. The zero-order chi connectivity index (χ0) is 14.1. The Kier molecular flexibility index (Phi) is 8.67. The van der Waals surface area contributed by atoms with E-state index in [0.29, 0.717) is 6.42 Å². The van der Waals surface area contributed by atoms with Crippen molar-refractivity contribution < 1.29 is 14.9 Å². The van der Waals surface area contributed by atoms with Gasteiger partial charge >= 0.3 is 0 Å². The minimum Gasteiger partial charge on any atom is -0.390 e. The summed E-state index contributed by atoms with van der Waals surface area (Å²) in [5.41, 5.74) is 0. The molecule has 19 heavy (non-hydrogen) atoms. The molecule has 2 N–H and O–H groups in total. The van der Waals surface area contributed by atoms with Gasteiger partial charge in [-0.2, -0.15) is 0 Å². The van der Waals surface area contributed by atoms with Gasteiger partial charge in [0.25, 0.3) is 0 Å². The molecule has 1 saturated heterocycles. The fourth-order valence-corrected chi connectivity index (χ4v) is 2.83. The monoisotopic (exact) mass is 272 g/mol. The Bertz CT molecular complexity index is 220. The smallest absolute Gasteiger partial charge is 0.0864 e. The van der Waals surface area contributed by atoms with E-state index < -0.39 is 6.10 Å². The Balaban J connectivity index is 2.20. The molecule has 3 nitrogen and oxygen atoms in total. The lowest BCUT2D eigenvalue weighted by Gasteiger charge is -2.19. The summed E-state index contributed by atoms with van der Waals surface area (Å²) in [6.45, 7) is 4.36. The van der Waals surface area contributed by atoms with Gasteiger partial charge in [-0.25, -0.2) is 0 Å². The fraction of sp³-hybridized carbons (Fsp3) is 1.00. The van der Waals surface area contributed by atoms with E-state index in [9.17, 15) is 10.2 Å². The molecule has 1 rings (SSSR count). The lowest BCUT2D eigenvalue weighted by molar-refractivity contribution is -0.0498. The maximum absolute atomic E-state index is 10.1. The quantitative estimate of drug-likeness (QED) is 0.599. The average Bonchev–Trinajstić information content (AvgIpc) is 2.77. The summed E-state index contributed by atoms with van der Waals surface area (Å²) in [6.07, 6.45) is 9.53. The van der Waals surface area contributed by atoms with Crippen molar-refractivity contribution in [3.8, 4) is 0 Å². The van der Waals surface area contributed by atoms with Crippen molar-refractivity contribution in [1.29, 1.82) is 0 Å². The Morgan fingerprint density at radius 3 is 2.42 bits per heavy atom. The van der Waals surface area contributed by atoms with Gasteiger partial charge in [0.2, 0.25) is 0 Å². The average molecular weight is 272 g/mol. The molecule has 4 atom stereocenters. The van der Waals surface area contributed by atoms with E-state index >= 15 is 0 Å². The summed E-state index contributed by atoms with van der Waals surface area (Å²) >= 11 is 0. The van der Waals surface area contributed by atoms with Crippen LogP contribution in [-0.4, -0.2) is 34.6 Å². The standard InChI is InChI=1S/C16H32O3/c1-3-5-7-9-10-13(17)16-12-14(18)15(19-16)11-8-6-4-2/h13-18H,3-12H2,1-2H3/t13-,14-,15-,16-/m0/s1. The number of hydrogen-bond acceptors (Lipinski definition) is 3. The largest absolute Gasteiger partial charge is 0.390 e. The molecule has 0 spiro atoms. The highest BCUT2D eigenvalue weighted by molar-refractivity contribution is 4.85. The van der Waals surface area contributed by atoms with Crippen LogP contribution in [0.4, 0.5) is 0 Å². The van der Waals surface area contributed by atoms with Crippen LogP contribution < -0.4 is 0 Å². The molecule has 0 unspecified atom stereocenters. The molecule has 0 aromatic heterocycles. The first-order chi connectivity index (χ1) is 9.19. The first kappa shape index (κ1) is 16.9. The molecule has 0 aromatic rings. The van der Waals surface area contributed by atoms with E-state index in [4.69, 9.17) is 4.74 Å². The van der Waals surface area contributed by atoms with Gasteiger partial charge in [-0.1, -0.05) is 58.8 Å². The molecule has 0 saturated carbocycles. The van der Waals surface area contributed by atoms with Crippen LogP contribution in [0.15, 0.2) is 0 Å². The van der Waals surface area contributed by atoms with Gasteiger partial charge in [-0.15, -0.1) is 0 Å². The van der Waals surface area contributed by atoms with Crippen molar-refractivity contribution in [2.45, 2.75) is 102 Å². The maximum atomic E-state index is 10.1. The molecule has 3 heteroatoms. The van der Waals surface area contributed by atoms with E-state index in [-0.39, 0.29) is 18.3 Å². The highest BCUT2D eigenvalue weighted by Gasteiger charge is 2.36. The molecule has 1 heterocycles. The summed E-state index contributed by atoms with van der Waals surface area (Å²) in [4.78, 5) is 0. The van der Waals surface area contributed by atoms with E-state index in [2.05, 4.69) is 13.8 Å². The van der Waals surface area contributed by atoms with Gasteiger partial charge in [0.1, 0.15) is 0 Å². The van der Waals surface area contributed by atoms with E-state index in [1.54, 1.807) is 0 Å². The highest BCUT2D eigenvalue weighted by atomic mass is 16.5. The number of aliphatic hydroxyl groups is 2. The Morgan fingerprint density at radius 2 is 1.74 bits per heavy atom. The van der Waals surface area contributed by atoms with Crippen LogP contribution in [0.25, 0.3) is 0 Å². The summed E-state index contributed by atoms with van der Waals surface area (Å²) in [6, 6.07) is 0. The maximum Gasteiger partial charge on any atom is 0.0864 e. The van der Waals surface area contributed by atoms with E-state index in [1.807, 2.05) is 0 Å². The molecule has 0 bridgehead atoms. The lowest BCUT2D eigenvalue weighted by atomic mass is 10.0. The topological polar surface area (TPSA) is 49.7 Å². The van der Waals surface area contributed by atoms with Crippen LogP contribution in [0.1, 0.15) is 78.1 Å². The summed E-state index contributed by atoms with van der Waals surface area (Å²) < 4.78 is 5.84. The SMILES string of the molecule is CCCCCC[C@H](O)[C@@H]1C[C@H](O)[C@H](CCCCC)O1. The highest BCUT2D eigenvalue weighted by Crippen LogP contribution is 2.28. The Hall–Kier alpha value is -0.120. The molecule has 114 valence electrons. The fourth-order valence-electron chi connectivity index (χ4n) is 2.83. The minimum atomic E-state index is -0.400. The molecular weight excluding hydrogens is 240 g/mol. The molecular formula is C16H32O3. The first-order valence-corrected chi connectivity index (χ1v) is 8.20. The van der Waals surface area contributed by atoms with Gasteiger partial charge in [0.05, 0.1) is 24.4 Å². The van der Waals surface area contributed by atoms with Crippen LogP contribution in [-0.2, 0) is 4.74 Å². The van der Waals surface area contributed by atoms with Crippen LogP contribution in [0.2, 0.25) is 0 Å². The van der Waals surface area contributed by atoms with Gasteiger partial charge in [0.15, 0.2) is 0 Å². The second kappa shape index (κ2) is 9.73. The molecule has 1 fully saturated rings. The van der Waals surface area contributed by atoms with E-state index in [0.717, 1.165) is 25.7 Å². The third kappa shape index (κ3) is 6.24. The number of unbranched alkanes of at least 4 members (excludes halogenated alkanes) is 5. The van der Waals surface area contributed by atoms with Crippen molar-refractivity contribution in [2.75, 3.05) is 0 Å². The number of hydrogen-bond donors (Lipinski definition) is 2. The Morgan fingerprint density at radius 1 is 1.05 bits per heavy atom. The van der Waals surface area contributed by atoms with Crippen LogP contribution >= 0.6 is 0 Å². The van der Waals surface area contributed by atoms with Gasteiger partial charge < -0.3 is 14.9 Å². The van der Waals surface area contributed by atoms with E-state index in [1.165, 1.54) is 32.1 Å². The lowest BCUT2D eigenvalue weighted by Crippen LogP contribution is -2.26. The van der Waals surface area contributed by atoms with Crippen molar-refractivity contribution in [3.05, 3.63) is 0 Å². The van der Waals surface area contributed by atoms with Crippen LogP contribution in [0, 0.1) is 0 Å². The second-order valence-corrected chi connectivity index (χ2v) is 5.93. The molecule has 0 amide bonds. The normalized spacial score (nSPS) is 28.7. The minimum absolute atomic E-state index is 0.0539.